The number of hydrogen-bond acceptors (Lipinski definition) is 4. The van der Waals surface area contributed by atoms with Crippen molar-refractivity contribution in [3.63, 3.8) is 0 Å². The third kappa shape index (κ3) is 5.05. The lowest BCUT2D eigenvalue weighted by atomic mass is 10.1. The molecule has 2 aromatic rings. The highest BCUT2D eigenvalue weighted by Crippen LogP contribution is 2.22. The maximum absolute atomic E-state index is 12.6. The Kier molecular flexibility index (Phi) is 6.71. The summed E-state index contributed by atoms with van der Waals surface area (Å²) in [5.41, 5.74) is 1.73. The topological polar surface area (TPSA) is 61.9 Å². The van der Waals surface area contributed by atoms with Gasteiger partial charge in [0.05, 0.1) is 13.5 Å². The molecule has 1 aliphatic rings. The molecular weight excluding hydrogens is 410 g/mol. The van der Waals surface area contributed by atoms with E-state index in [1.807, 2.05) is 29.2 Å². The number of ether oxygens (including phenoxy) is 1. The molecule has 2 amide bonds. The number of nitrogens with zero attached hydrogens (tertiary/aromatic N) is 2. The molecule has 0 aromatic heterocycles. The number of thiocarbonyl (C=S) groups is 1. The van der Waals surface area contributed by atoms with Crippen LogP contribution in [0.1, 0.15) is 12.0 Å². The van der Waals surface area contributed by atoms with Crippen LogP contribution in [0, 0.1) is 0 Å². The minimum Gasteiger partial charge on any atom is -0.497 e. The molecule has 8 heteroatoms. The summed E-state index contributed by atoms with van der Waals surface area (Å²) < 4.78 is 5.17. The number of anilines is 1. The lowest BCUT2D eigenvalue weighted by molar-refractivity contribution is -0.130. The van der Waals surface area contributed by atoms with Crippen LogP contribution >= 0.6 is 23.8 Å². The maximum atomic E-state index is 12.6. The summed E-state index contributed by atoms with van der Waals surface area (Å²) in [5, 5.41) is 3.83. The standard InChI is InChI=1S/C21H22ClN3O3S/c1-24-20(27)18(13-19(26)23-16-7-5-15(22)6-8-16)25(21(24)29)12-11-14-3-9-17(28-2)10-4-14/h3-10,18H,11-13H2,1-2H3,(H,23,26)/t18-/m0/s1. The monoisotopic (exact) mass is 431 g/mol. The van der Waals surface area contributed by atoms with Crippen molar-refractivity contribution in [3.8, 4) is 5.75 Å². The van der Waals surface area contributed by atoms with Gasteiger partial charge in [-0.1, -0.05) is 23.7 Å². The molecule has 1 aliphatic heterocycles. The number of rotatable bonds is 7. The van der Waals surface area contributed by atoms with Crippen molar-refractivity contribution >= 4 is 46.4 Å². The van der Waals surface area contributed by atoms with Crippen LogP contribution in [0.2, 0.25) is 5.02 Å². The van der Waals surface area contributed by atoms with Crippen molar-refractivity contribution in [3.05, 3.63) is 59.1 Å². The predicted octanol–water partition coefficient (Wildman–Crippen LogP) is 3.35. The van der Waals surface area contributed by atoms with Gasteiger partial charge in [0.1, 0.15) is 11.8 Å². The molecule has 0 aliphatic carbocycles. The van der Waals surface area contributed by atoms with Gasteiger partial charge in [0.15, 0.2) is 5.11 Å². The van der Waals surface area contributed by atoms with Gasteiger partial charge in [-0.2, -0.15) is 0 Å². The van der Waals surface area contributed by atoms with Gasteiger partial charge >= 0.3 is 0 Å². The number of methoxy groups -OCH3 is 1. The van der Waals surface area contributed by atoms with E-state index < -0.39 is 6.04 Å². The number of carbonyl (C=O) groups excluding carboxylic acids is 2. The molecule has 1 saturated heterocycles. The first-order valence-electron chi connectivity index (χ1n) is 9.15. The van der Waals surface area contributed by atoms with Gasteiger partial charge < -0.3 is 15.0 Å². The van der Waals surface area contributed by atoms with Crippen LogP contribution in [0.5, 0.6) is 5.75 Å². The van der Waals surface area contributed by atoms with E-state index in [0.29, 0.717) is 28.8 Å². The smallest absolute Gasteiger partial charge is 0.251 e. The molecule has 0 unspecified atom stereocenters. The first-order valence-corrected chi connectivity index (χ1v) is 9.94. The average Bonchev–Trinajstić information content (AvgIpc) is 2.92. The zero-order valence-electron chi connectivity index (χ0n) is 16.2. The average molecular weight is 432 g/mol. The fourth-order valence-electron chi connectivity index (χ4n) is 3.19. The normalized spacial score (nSPS) is 16.3. The number of likely N-dealkylation sites (N-methyl/N-ethyl adjacent to an activating group) is 1. The van der Waals surface area contributed by atoms with E-state index >= 15 is 0 Å². The second-order valence-electron chi connectivity index (χ2n) is 6.75. The summed E-state index contributed by atoms with van der Waals surface area (Å²) in [6.07, 6.45) is 0.717. The molecule has 6 nitrogen and oxygen atoms in total. The second-order valence-corrected chi connectivity index (χ2v) is 7.55. The first kappa shape index (κ1) is 21.1. The lowest BCUT2D eigenvalue weighted by Crippen LogP contribution is -2.39. The van der Waals surface area contributed by atoms with E-state index in [1.165, 1.54) is 4.90 Å². The van der Waals surface area contributed by atoms with Gasteiger partial charge in [-0.05, 0) is 60.6 Å². The number of hydrogen-bond donors (Lipinski definition) is 1. The molecule has 3 rings (SSSR count). The summed E-state index contributed by atoms with van der Waals surface area (Å²) >= 11 is 11.3. The molecule has 29 heavy (non-hydrogen) atoms. The number of nitrogens with one attached hydrogen (secondary N) is 1. The molecule has 0 radical (unpaired) electrons. The van der Waals surface area contributed by atoms with Crippen molar-refractivity contribution in [2.24, 2.45) is 0 Å². The van der Waals surface area contributed by atoms with Crippen molar-refractivity contribution in [2.45, 2.75) is 18.9 Å². The highest BCUT2D eigenvalue weighted by atomic mass is 35.5. The van der Waals surface area contributed by atoms with Crippen LogP contribution in [-0.2, 0) is 16.0 Å². The number of amides is 2. The van der Waals surface area contributed by atoms with Crippen LogP contribution in [0.3, 0.4) is 0 Å². The fourth-order valence-corrected chi connectivity index (χ4v) is 3.62. The summed E-state index contributed by atoms with van der Waals surface area (Å²) in [7, 11) is 3.26. The van der Waals surface area contributed by atoms with Gasteiger partial charge in [-0.25, -0.2) is 0 Å². The fraction of sp³-hybridized carbons (Fsp3) is 0.286. The Morgan fingerprint density at radius 3 is 2.45 bits per heavy atom. The van der Waals surface area contributed by atoms with Crippen molar-refractivity contribution in [1.29, 1.82) is 0 Å². The highest BCUT2D eigenvalue weighted by molar-refractivity contribution is 7.80. The highest BCUT2D eigenvalue weighted by Gasteiger charge is 2.41. The summed E-state index contributed by atoms with van der Waals surface area (Å²) in [4.78, 5) is 28.4. The molecule has 152 valence electrons. The maximum Gasteiger partial charge on any atom is 0.251 e. The Labute approximate surface area is 180 Å². The van der Waals surface area contributed by atoms with E-state index in [0.717, 1.165) is 11.3 Å². The van der Waals surface area contributed by atoms with Crippen molar-refractivity contribution < 1.29 is 14.3 Å². The van der Waals surface area contributed by atoms with Crippen LogP contribution in [0.4, 0.5) is 5.69 Å². The zero-order valence-corrected chi connectivity index (χ0v) is 17.8. The molecular formula is C21H22ClN3O3S. The summed E-state index contributed by atoms with van der Waals surface area (Å²) in [6, 6.07) is 14.0. The Bertz CT molecular complexity index is 902. The van der Waals surface area contributed by atoms with E-state index in [2.05, 4.69) is 5.32 Å². The summed E-state index contributed by atoms with van der Waals surface area (Å²) in [5.74, 6) is 0.367. The Morgan fingerprint density at radius 2 is 1.83 bits per heavy atom. The molecule has 0 spiro atoms. The van der Waals surface area contributed by atoms with Crippen molar-refractivity contribution in [2.75, 3.05) is 26.0 Å². The molecule has 1 atom stereocenters. The Hall–Kier alpha value is -2.64. The van der Waals surface area contributed by atoms with E-state index in [9.17, 15) is 9.59 Å². The lowest BCUT2D eigenvalue weighted by Gasteiger charge is -2.23. The van der Waals surface area contributed by atoms with Crippen LogP contribution in [-0.4, -0.2) is 53.5 Å². The summed E-state index contributed by atoms with van der Waals surface area (Å²) in [6.45, 7) is 0.542. The first-order chi connectivity index (χ1) is 13.9. The van der Waals surface area contributed by atoms with Crippen LogP contribution in [0.25, 0.3) is 0 Å². The van der Waals surface area contributed by atoms with Crippen molar-refractivity contribution in [1.82, 2.24) is 9.80 Å². The molecule has 1 heterocycles. The third-order valence-electron chi connectivity index (χ3n) is 4.83. The van der Waals surface area contributed by atoms with Gasteiger partial charge in [0.2, 0.25) is 5.91 Å². The van der Waals surface area contributed by atoms with E-state index in [1.54, 1.807) is 38.4 Å². The number of benzene rings is 2. The molecule has 0 saturated carbocycles. The molecule has 0 bridgehead atoms. The SMILES string of the molecule is COc1ccc(CCN2C(=S)N(C)C(=O)[C@@H]2CC(=O)Nc2ccc(Cl)cc2)cc1. The van der Waals surface area contributed by atoms with Crippen LogP contribution < -0.4 is 10.1 Å². The largest absolute Gasteiger partial charge is 0.497 e. The van der Waals surface area contributed by atoms with Gasteiger partial charge in [-0.15, -0.1) is 0 Å². The van der Waals surface area contributed by atoms with E-state index in [4.69, 9.17) is 28.6 Å². The number of carbonyl (C=O) groups is 2. The quantitative estimate of drug-likeness (QED) is 0.681. The van der Waals surface area contributed by atoms with Gasteiger partial charge in [0, 0.05) is 24.3 Å². The Morgan fingerprint density at radius 1 is 1.17 bits per heavy atom. The number of halogens is 1. The minimum absolute atomic E-state index is 0.0224. The van der Waals surface area contributed by atoms with Gasteiger partial charge in [-0.3, -0.25) is 14.5 Å². The Balaban J connectivity index is 1.65. The zero-order chi connectivity index (χ0) is 21.0. The van der Waals surface area contributed by atoms with E-state index in [-0.39, 0.29) is 18.2 Å². The molecule has 2 aromatic carbocycles. The van der Waals surface area contributed by atoms with Gasteiger partial charge in [0.25, 0.3) is 5.91 Å². The third-order valence-corrected chi connectivity index (χ3v) is 5.59. The minimum atomic E-state index is -0.613. The second kappa shape index (κ2) is 9.24. The van der Waals surface area contributed by atoms with Crippen LogP contribution in [0.15, 0.2) is 48.5 Å². The molecule has 1 N–H and O–H groups in total. The predicted molar refractivity (Wildman–Crippen MR) is 117 cm³/mol. The molecule has 1 fully saturated rings.